The molecule has 0 saturated carbocycles. The number of carbonyl (C=O) groups excluding carboxylic acids is 1. The first kappa shape index (κ1) is 15.9. The Labute approximate surface area is 116 Å². The molecule has 1 aromatic carbocycles. The molecule has 0 spiro atoms. The largest absolute Gasteiger partial charge is 0.496 e. The van der Waals surface area contributed by atoms with Crippen LogP contribution in [-0.4, -0.2) is 47.6 Å². The van der Waals surface area contributed by atoms with Crippen molar-refractivity contribution < 1.29 is 19.6 Å². The van der Waals surface area contributed by atoms with Crippen molar-refractivity contribution >= 4 is 11.6 Å². The fraction of sp³-hybridized carbons (Fsp3) is 0.462. The zero-order valence-corrected chi connectivity index (χ0v) is 11.5. The topological polar surface area (TPSA) is 92.9 Å². The van der Waals surface area contributed by atoms with Gasteiger partial charge < -0.3 is 14.7 Å². The molecule has 0 atom stereocenters. The maximum Gasteiger partial charge on any atom is 0.285 e. The number of rotatable bonds is 7. The number of methoxy groups -OCH3 is 1. The lowest BCUT2D eigenvalue weighted by Gasteiger charge is -2.21. The maximum atomic E-state index is 12.5. The third-order valence-electron chi connectivity index (χ3n) is 2.79. The van der Waals surface area contributed by atoms with Crippen LogP contribution in [0, 0.1) is 10.1 Å². The van der Waals surface area contributed by atoms with Crippen LogP contribution < -0.4 is 4.74 Å². The highest BCUT2D eigenvalue weighted by molar-refractivity contribution is 6.00. The van der Waals surface area contributed by atoms with E-state index in [0.29, 0.717) is 13.0 Å². The Balaban J connectivity index is 3.27. The number of hydrogen-bond acceptors (Lipinski definition) is 5. The van der Waals surface area contributed by atoms with Gasteiger partial charge in [-0.2, -0.15) is 0 Å². The SMILES string of the molecule is CCCN(CCO)C(=O)c1c(OC)cccc1[N+](=O)[O-]. The molecule has 1 amide bonds. The Kier molecular flexibility index (Phi) is 5.92. The molecule has 7 nitrogen and oxygen atoms in total. The molecular formula is C13H18N2O5. The molecule has 0 aliphatic carbocycles. The summed E-state index contributed by atoms with van der Waals surface area (Å²) in [4.78, 5) is 24.3. The van der Waals surface area contributed by atoms with Crippen molar-refractivity contribution in [3.63, 3.8) is 0 Å². The van der Waals surface area contributed by atoms with Gasteiger partial charge in [0.15, 0.2) is 5.56 Å². The van der Waals surface area contributed by atoms with Gasteiger partial charge >= 0.3 is 0 Å². The van der Waals surface area contributed by atoms with Crippen LogP contribution in [0.2, 0.25) is 0 Å². The molecule has 0 unspecified atom stereocenters. The standard InChI is InChI=1S/C13H18N2O5/c1-3-7-14(8-9-16)13(17)12-10(15(18)19)5-4-6-11(12)20-2/h4-6,16H,3,7-9H2,1-2H3. The lowest BCUT2D eigenvalue weighted by Crippen LogP contribution is -2.34. The molecule has 0 heterocycles. The van der Waals surface area contributed by atoms with Crippen molar-refractivity contribution in [2.45, 2.75) is 13.3 Å². The summed E-state index contributed by atoms with van der Waals surface area (Å²) < 4.78 is 5.05. The summed E-state index contributed by atoms with van der Waals surface area (Å²) in [5.74, 6) is -0.353. The predicted octanol–water partition coefficient (Wildman–Crippen LogP) is 1.45. The van der Waals surface area contributed by atoms with Crippen LogP contribution in [0.3, 0.4) is 0 Å². The van der Waals surface area contributed by atoms with E-state index in [4.69, 9.17) is 9.84 Å². The number of benzene rings is 1. The van der Waals surface area contributed by atoms with E-state index in [9.17, 15) is 14.9 Å². The molecular weight excluding hydrogens is 264 g/mol. The van der Waals surface area contributed by atoms with E-state index < -0.39 is 10.8 Å². The Hall–Kier alpha value is -2.15. The second kappa shape index (κ2) is 7.44. The average Bonchev–Trinajstić information content (AvgIpc) is 2.45. The number of nitro benzene ring substituents is 1. The highest BCUT2D eigenvalue weighted by Crippen LogP contribution is 2.29. The van der Waals surface area contributed by atoms with Gasteiger partial charge in [0.05, 0.1) is 18.6 Å². The third kappa shape index (κ3) is 3.45. The average molecular weight is 282 g/mol. The molecule has 0 aromatic heterocycles. The Morgan fingerprint density at radius 1 is 1.45 bits per heavy atom. The maximum absolute atomic E-state index is 12.5. The summed E-state index contributed by atoms with van der Waals surface area (Å²) in [6, 6.07) is 4.23. The van der Waals surface area contributed by atoms with Gasteiger partial charge in [-0.3, -0.25) is 14.9 Å². The monoisotopic (exact) mass is 282 g/mol. The number of nitro groups is 1. The van der Waals surface area contributed by atoms with Gasteiger partial charge in [0.2, 0.25) is 0 Å². The zero-order chi connectivity index (χ0) is 15.1. The molecule has 0 saturated heterocycles. The van der Waals surface area contributed by atoms with E-state index in [1.165, 1.54) is 30.2 Å². The van der Waals surface area contributed by atoms with Crippen LogP contribution in [0.15, 0.2) is 18.2 Å². The van der Waals surface area contributed by atoms with E-state index in [0.717, 1.165) is 0 Å². The van der Waals surface area contributed by atoms with Crippen LogP contribution in [0.5, 0.6) is 5.75 Å². The minimum atomic E-state index is -0.612. The fourth-order valence-electron chi connectivity index (χ4n) is 1.92. The van der Waals surface area contributed by atoms with Crippen molar-refractivity contribution in [3.8, 4) is 5.75 Å². The number of ether oxygens (including phenoxy) is 1. The van der Waals surface area contributed by atoms with E-state index in [1.807, 2.05) is 6.92 Å². The van der Waals surface area contributed by atoms with E-state index in [-0.39, 0.29) is 30.2 Å². The summed E-state index contributed by atoms with van der Waals surface area (Å²) in [5, 5.41) is 20.1. The summed E-state index contributed by atoms with van der Waals surface area (Å²) in [7, 11) is 1.35. The second-order valence-corrected chi connectivity index (χ2v) is 4.13. The van der Waals surface area contributed by atoms with Gasteiger partial charge in [0.1, 0.15) is 5.75 Å². The number of hydrogen-bond donors (Lipinski definition) is 1. The van der Waals surface area contributed by atoms with E-state index >= 15 is 0 Å². The highest BCUT2D eigenvalue weighted by Gasteiger charge is 2.28. The Bertz CT molecular complexity index is 484. The molecule has 0 radical (unpaired) electrons. The quantitative estimate of drug-likeness (QED) is 0.603. The molecule has 1 aromatic rings. The van der Waals surface area contributed by atoms with Crippen molar-refractivity contribution in [2.75, 3.05) is 26.8 Å². The molecule has 110 valence electrons. The zero-order valence-electron chi connectivity index (χ0n) is 11.5. The normalized spacial score (nSPS) is 10.2. The van der Waals surface area contributed by atoms with Gasteiger partial charge in [-0.05, 0) is 12.5 Å². The Morgan fingerprint density at radius 2 is 2.15 bits per heavy atom. The second-order valence-electron chi connectivity index (χ2n) is 4.13. The summed E-state index contributed by atoms with van der Waals surface area (Å²) >= 11 is 0. The van der Waals surface area contributed by atoms with Crippen LogP contribution >= 0.6 is 0 Å². The molecule has 7 heteroatoms. The molecule has 20 heavy (non-hydrogen) atoms. The highest BCUT2D eigenvalue weighted by atomic mass is 16.6. The Morgan fingerprint density at radius 3 is 2.65 bits per heavy atom. The third-order valence-corrected chi connectivity index (χ3v) is 2.79. The molecule has 0 fully saturated rings. The first-order valence-electron chi connectivity index (χ1n) is 6.28. The smallest absolute Gasteiger partial charge is 0.285 e. The first-order valence-corrected chi connectivity index (χ1v) is 6.28. The van der Waals surface area contributed by atoms with Crippen molar-refractivity contribution in [1.29, 1.82) is 0 Å². The van der Waals surface area contributed by atoms with E-state index in [2.05, 4.69) is 0 Å². The summed E-state index contributed by atoms with van der Waals surface area (Å²) in [6.45, 7) is 2.22. The molecule has 0 aliphatic rings. The van der Waals surface area contributed by atoms with E-state index in [1.54, 1.807) is 0 Å². The van der Waals surface area contributed by atoms with Gasteiger partial charge in [0, 0.05) is 19.2 Å². The first-order chi connectivity index (χ1) is 9.56. The van der Waals surface area contributed by atoms with Crippen molar-refractivity contribution in [3.05, 3.63) is 33.9 Å². The number of aliphatic hydroxyl groups excluding tert-OH is 1. The lowest BCUT2D eigenvalue weighted by molar-refractivity contribution is -0.385. The number of aliphatic hydroxyl groups is 1. The molecule has 0 bridgehead atoms. The minimum Gasteiger partial charge on any atom is -0.496 e. The molecule has 0 aliphatic heterocycles. The lowest BCUT2D eigenvalue weighted by atomic mass is 10.1. The van der Waals surface area contributed by atoms with Crippen LogP contribution in [-0.2, 0) is 0 Å². The number of amides is 1. The summed E-state index contributed by atoms with van der Waals surface area (Å²) in [5.41, 5.74) is -0.379. The molecule has 1 rings (SSSR count). The number of nitrogens with zero attached hydrogens (tertiary/aromatic N) is 2. The molecule has 1 N–H and O–H groups in total. The van der Waals surface area contributed by atoms with Crippen molar-refractivity contribution in [2.24, 2.45) is 0 Å². The van der Waals surface area contributed by atoms with Crippen LogP contribution in [0.4, 0.5) is 5.69 Å². The van der Waals surface area contributed by atoms with Gasteiger partial charge in [-0.15, -0.1) is 0 Å². The minimum absolute atomic E-state index is 0.0816. The van der Waals surface area contributed by atoms with Crippen LogP contribution in [0.25, 0.3) is 0 Å². The van der Waals surface area contributed by atoms with Crippen molar-refractivity contribution in [1.82, 2.24) is 4.90 Å². The number of carbonyl (C=O) groups is 1. The fourth-order valence-corrected chi connectivity index (χ4v) is 1.92. The summed E-state index contributed by atoms with van der Waals surface area (Å²) in [6.07, 6.45) is 0.689. The van der Waals surface area contributed by atoms with Gasteiger partial charge in [-0.25, -0.2) is 0 Å². The van der Waals surface area contributed by atoms with Gasteiger partial charge in [-0.1, -0.05) is 13.0 Å². The van der Waals surface area contributed by atoms with Gasteiger partial charge in [0.25, 0.3) is 11.6 Å². The van der Waals surface area contributed by atoms with Crippen LogP contribution in [0.1, 0.15) is 23.7 Å². The predicted molar refractivity (Wildman–Crippen MR) is 72.9 cm³/mol.